The fourth-order valence-corrected chi connectivity index (χ4v) is 2.45. The maximum absolute atomic E-state index is 12.1. The Kier molecular flexibility index (Phi) is 4.99. The predicted octanol–water partition coefficient (Wildman–Crippen LogP) is 2.27. The van der Waals surface area contributed by atoms with Crippen LogP contribution in [0.4, 0.5) is 0 Å². The Labute approximate surface area is 106 Å². The van der Waals surface area contributed by atoms with E-state index in [1.807, 2.05) is 11.9 Å². The van der Waals surface area contributed by atoms with Crippen LogP contribution >= 0.6 is 0 Å². The summed E-state index contributed by atoms with van der Waals surface area (Å²) in [5.41, 5.74) is 0.103. The van der Waals surface area contributed by atoms with Gasteiger partial charge < -0.3 is 10.2 Å². The Morgan fingerprint density at radius 1 is 1.35 bits per heavy atom. The van der Waals surface area contributed by atoms with Gasteiger partial charge in [-0.3, -0.25) is 4.79 Å². The summed E-state index contributed by atoms with van der Waals surface area (Å²) in [6.07, 6.45) is 2.94. The van der Waals surface area contributed by atoms with Crippen LogP contribution in [0.5, 0.6) is 0 Å². The molecule has 1 unspecified atom stereocenters. The number of carbonyl (C=O) groups is 1. The van der Waals surface area contributed by atoms with Gasteiger partial charge in [0, 0.05) is 25.6 Å². The van der Waals surface area contributed by atoms with Crippen molar-refractivity contribution in [3.05, 3.63) is 0 Å². The molecule has 1 atom stereocenters. The zero-order valence-electron chi connectivity index (χ0n) is 12.0. The van der Waals surface area contributed by atoms with Gasteiger partial charge in [0.25, 0.3) is 0 Å². The average Bonchev–Trinajstić information content (AvgIpc) is 2.26. The van der Waals surface area contributed by atoms with E-state index in [4.69, 9.17) is 0 Å². The molecule has 0 radical (unpaired) electrons. The van der Waals surface area contributed by atoms with Crippen molar-refractivity contribution in [2.75, 3.05) is 20.1 Å². The van der Waals surface area contributed by atoms with Gasteiger partial charge in [-0.05, 0) is 38.1 Å². The number of amides is 1. The highest BCUT2D eigenvalue weighted by molar-refractivity contribution is 5.76. The third kappa shape index (κ3) is 4.66. The van der Waals surface area contributed by atoms with Crippen LogP contribution in [-0.2, 0) is 4.79 Å². The summed E-state index contributed by atoms with van der Waals surface area (Å²) in [4.78, 5) is 14.1. The first-order valence-electron chi connectivity index (χ1n) is 6.78. The lowest BCUT2D eigenvalue weighted by Gasteiger charge is -2.36. The zero-order valence-corrected chi connectivity index (χ0v) is 12.0. The molecule has 1 fully saturated rings. The van der Waals surface area contributed by atoms with E-state index in [1.165, 1.54) is 0 Å². The van der Waals surface area contributed by atoms with Crippen LogP contribution in [0.25, 0.3) is 0 Å². The Morgan fingerprint density at radius 2 is 1.88 bits per heavy atom. The SMILES string of the molecule is CNC(C)C1CCN(C(=O)CC(C)(C)C)CC1. The third-order valence-corrected chi connectivity index (χ3v) is 3.74. The van der Waals surface area contributed by atoms with Crippen LogP contribution < -0.4 is 5.32 Å². The smallest absolute Gasteiger partial charge is 0.223 e. The molecule has 3 nitrogen and oxygen atoms in total. The van der Waals surface area contributed by atoms with Crippen molar-refractivity contribution in [2.45, 2.75) is 53.0 Å². The molecule has 17 heavy (non-hydrogen) atoms. The van der Waals surface area contributed by atoms with Gasteiger partial charge in [-0.25, -0.2) is 0 Å². The van der Waals surface area contributed by atoms with Gasteiger partial charge in [0.2, 0.25) is 5.91 Å². The third-order valence-electron chi connectivity index (χ3n) is 3.74. The molecule has 0 bridgehead atoms. The molecule has 0 aromatic rings. The van der Waals surface area contributed by atoms with E-state index < -0.39 is 0 Å². The molecule has 1 saturated heterocycles. The van der Waals surface area contributed by atoms with E-state index in [2.05, 4.69) is 33.0 Å². The molecule has 0 spiro atoms. The van der Waals surface area contributed by atoms with Crippen LogP contribution in [0.2, 0.25) is 0 Å². The Morgan fingerprint density at radius 3 is 2.29 bits per heavy atom. The molecule has 1 N–H and O–H groups in total. The quantitative estimate of drug-likeness (QED) is 0.821. The Balaban J connectivity index is 2.39. The number of likely N-dealkylation sites (tertiary alicyclic amines) is 1. The fourth-order valence-electron chi connectivity index (χ4n) is 2.45. The number of nitrogens with one attached hydrogen (secondary N) is 1. The minimum absolute atomic E-state index is 0.103. The van der Waals surface area contributed by atoms with Crippen LogP contribution in [0.3, 0.4) is 0 Å². The molecule has 1 amide bonds. The van der Waals surface area contributed by atoms with Crippen molar-refractivity contribution in [2.24, 2.45) is 11.3 Å². The topological polar surface area (TPSA) is 32.3 Å². The van der Waals surface area contributed by atoms with Gasteiger partial charge in [-0.2, -0.15) is 0 Å². The average molecular weight is 240 g/mol. The van der Waals surface area contributed by atoms with Gasteiger partial charge in [0.05, 0.1) is 0 Å². The summed E-state index contributed by atoms with van der Waals surface area (Å²) in [7, 11) is 2.02. The minimum Gasteiger partial charge on any atom is -0.343 e. The highest BCUT2D eigenvalue weighted by Gasteiger charge is 2.27. The first kappa shape index (κ1) is 14.5. The van der Waals surface area contributed by atoms with Crippen molar-refractivity contribution in [1.82, 2.24) is 10.2 Å². The molecule has 0 saturated carbocycles. The molecule has 0 aromatic carbocycles. The number of hydrogen-bond acceptors (Lipinski definition) is 2. The van der Waals surface area contributed by atoms with Gasteiger partial charge in [-0.15, -0.1) is 0 Å². The van der Waals surface area contributed by atoms with Gasteiger partial charge in [-0.1, -0.05) is 20.8 Å². The van der Waals surface area contributed by atoms with E-state index in [0.29, 0.717) is 18.4 Å². The monoisotopic (exact) mass is 240 g/mol. The van der Waals surface area contributed by atoms with E-state index >= 15 is 0 Å². The summed E-state index contributed by atoms with van der Waals surface area (Å²) < 4.78 is 0. The highest BCUT2D eigenvalue weighted by atomic mass is 16.2. The largest absolute Gasteiger partial charge is 0.343 e. The van der Waals surface area contributed by atoms with Crippen LogP contribution in [0.15, 0.2) is 0 Å². The summed E-state index contributed by atoms with van der Waals surface area (Å²) >= 11 is 0. The number of nitrogens with zero attached hydrogens (tertiary/aromatic N) is 1. The lowest BCUT2D eigenvalue weighted by Crippen LogP contribution is -2.44. The summed E-state index contributed by atoms with van der Waals surface area (Å²) in [5, 5.41) is 3.31. The van der Waals surface area contributed by atoms with Gasteiger partial charge >= 0.3 is 0 Å². The lowest BCUT2D eigenvalue weighted by atomic mass is 9.88. The molecule has 100 valence electrons. The van der Waals surface area contributed by atoms with E-state index in [1.54, 1.807) is 0 Å². The van der Waals surface area contributed by atoms with Crippen LogP contribution in [-0.4, -0.2) is 37.0 Å². The van der Waals surface area contributed by atoms with Crippen LogP contribution in [0.1, 0.15) is 47.0 Å². The van der Waals surface area contributed by atoms with Crippen molar-refractivity contribution < 1.29 is 4.79 Å². The number of carbonyl (C=O) groups excluding carboxylic acids is 1. The molecular weight excluding hydrogens is 212 g/mol. The summed E-state index contributed by atoms with van der Waals surface area (Å²) in [5.74, 6) is 1.05. The maximum Gasteiger partial charge on any atom is 0.223 e. The standard InChI is InChI=1S/C14H28N2O/c1-11(15-5)12-6-8-16(9-7-12)13(17)10-14(2,3)4/h11-12,15H,6-10H2,1-5H3. The molecule has 1 rings (SSSR count). The molecule has 1 aliphatic heterocycles. The second-order valence-corrected chi connectivity index (χ2v) is 6.53. The molecule has 1 heterocycles. The molecule has 0 aliphatic carbocycles. The van der Waals surface area contributed by atoms with E-state index in [-0.39, 0.29) is 5.41 Å². The Hall–Kier alpha value is -0.570. The van der Waals surface area contributed by atoms with Crippen LogP contribution in [0, 0.1) is 11.3 Å². The molecule has 3 heteroatoms. The molecule has 0 aromatic heterocycles. The summed E-state index contributed by atoms with van der Waals surface area (Å²) in [6, 6.07) is 0.565. The zero-order chi connectivity index (χ0) is 13.1. The minimum atomic E-state index is 0.103. The second-order valence-electron chi connectivity index (χ2n) is 6.53. The number of rotatable bonds is 3. The van der Waals surface area contributed by atoms with Gasteiger partial charge in [0.1, 0.15) is 0 Å². The van der Waals surface area contributed by atoms with Gasteiger partial charge in [0.15, 0.2) is 0 Å². The van der Waals surface area contributed by atoms with E-state index in [0.717, 1.165) is 31.8 Å². The second kappa shape index (κ2) is 5.85. The highest BCUT2D eigenvalue weighted by Crippen LogP contribution is 2.24. The van der Waals surface area contributed by atoms with Crippen molar-refractivity contribution in [1.29, 1.82) is 0 Å². The number of hydrogen-bond donors (Lipinski definition) is 1. The van der Waals surface area contributed by atoms with Crippen molar-refractivity contribution >= 4 is 5.91 Å². The first-order chi connectivity index (χ1) is 7.83. The predicted molar refractivity (Wildman–Crippen MR) is 71.9 cm³/mol. The fraction of sp³-hybridized carbons (Fsp3) is 0.929. The number of piperidine rings is 1. The first-order valence-corrected chi connectivity index (χ1v) is 6.78. The normalized spacial score (nSPS) is 20.4. The maximum atomic E-state index is 12.1. The Bertz CT molecular complexity index is 249. The van der Waals surface area contributed by atoms with E-state index in [9.17, 15) is 4.79 Å². The van der Waals surface area contributed by atoms with Crippen molar-refractivity contribution in [3.63, 3.8) is 0 Å². The molecular formula is C14H28N2O. The van der Waals surface area contributed by atoms with Crippen molar-refractivity contribution in [3.8, 4) is 0 Å². The summed E-state index contributed by atoms with van der Waals surface area (Å²) in [6.45, 7) is 10.5. The lowest BCUT2D eigenvalue weighted by molar-refractivity contribution is -0.134. The molecule has 1 aliphatic rings.